The molecule has 0 saturated carbocycles. The molecule has 0 fully saturated rings. The summed E-state index contributed by atoms with van der Waals surface area (Å²) in [7, 11) is 3.38. The summed E-state index contributed by atoms with van der Waals surface area (Å²) in [6, 6.07) is 22.7. The molecule has 2 N–H and O–H groups in total. The Morgan fingerprint density at radius 1 is 0.903 bits per heavy atom. The Morgan fingerprint density at radius 3 is 2.23 bits per heavy atom. The third-order valence-electron chi connectivity index (χ3n) is 4.92. The van der Waals surface area contributed by atoms with Gasteiger partial charge in [-0.05, 0) is 59.7 Å². The van der Waals surface area contributed by atoms with Gasteiger partial charge in [0, 0.05) is 44.0 Å². The minimum absolute atomic E-state index is 0.0341. The van der Waals surface area contributed by atoms with E-state index in [9.17, 15) is 9.59 Å². The fourth-order valence-electron chi connectivity index (χ4n) is 3.07. The van der Waals surface area contributed by atoms with Gasteiger partial charge in [0.15, 0.2) is 0 Å². The monoisotopic (exact) mass is 417 g/mol. The molecular formula is C25H27N3O3. The number of carbonyl (C=O) groups is 2. The Bertz CT molecular complexity index is 1050. The van der Waals surface area contributed by atoms with Crippen molar-refractivity contribution < 1.29 is 14.3 Å². The lowest BCUT2D eigenvalue weighted by molar-refractivity contribution is -0.128. The number of benzene rings is 3. The molecule has 2 amide bonds. The Labute approximate surface area is 182 Å². The molecule has 0 heterocycles. The van der Waals surface area contributed by atoms with Crippen molar-refractivity contribution in [2.45, 2.75) is 20.0 Å². The molecule has 0 radical (unpaired) electrons. The second kappa shape index (κ2) is 10.3. The Kier molecular flexibility index (Phi) is 7.27. The summed E-state index contributed by atoms with van der Waals surface area (Å²) in [4.78, 5) is 25.6. The van der Waals surface area contributed by atoms with E-state index in [1.54, 1.807) is 50.2 Å². The van der Waals surface area contributed by atoms with E-state index in [-0.39, 0.29) is 11.8 Å². The molecule has 31 heavy (non-hydrogen) atoms. The molecule has 0 aliphatic rings. The van der Waals surface area contributed by atoms with E-state index in [2.05, 4.69) is 10.6 Å². The summed E-state index contributed by atoms with van der Waals surface area (Å²) < 4.78 is 5.13. The third kappa shape index (κ3) is 6.34. The zero-order valence-corrected chi connectivity index (χ0v) is 18.0. The van der Waals surface area contributed by atoms with Crippen LogP contribution in [0.25, 0.3) is 0 Å². The van der Waals surface area contributed by atoms with Crippen molar-refractivity contribution in [2.75, 3.05) is 24.8 Å². The van der Waals surface area contributed by atoms with Crippen molar-refractivity contribution in [1.29, 1.82) is 0 Å². The molecule has 160 valence electrons. The second-order valence-corrected chi connectivity index (χ2v) is 7.31. The Hall–Kier alpha value is -3.80. The molecule has 0 aliphatic carbocycles. The molecular weight excluding hydrogens is 390 g/mol. The van der Waals surface area contributed by atoms with Gasteiger partial charge < -0.3 is 20.3 Å². The largest absolute Gasteiger partial charge is 0.497 e. The summed E-state index contributed by atoms with van der Waals surface area (Å²) in [6.45, 7) is 2.73. The maximum absolute atomic E-state index is 12.5. The number of anilines is 2. The average Bonchev–Trinajstić information content (AvgIpc) is 2.78. The second-order valence-electron chi connectivity index (χ2n) is 7.31. The molecule has 0 atom stereocenters. The first-order valence-electron chi connectivity index (χ1n) is 10.0. The van der Waals surface area contributed by atoms with E-state index in [0.717, 1.165) is 22.5 Å². The number of nitrogens with one attached hydrogen (secondary N) is 2. The summed E-state index contributed by atoms with van der Waals surface area (Å²) >= 11 is 0. The van der Waals surface area contributed by atoms with Gasteiger partial charge in [0.05, 0.1) is 7.11 Å². The Balaban J connectivity index is 1.60. The molecule has 3 rings (SSSR count). The maximum Gasteiger partial charge on any atom is 0.255 e. The van der Waals surface area contributed by atoms with Crippen molar-refractivity contribution in [3.05, 3.63) is 89.5 Å². The van der Waals surface area contributed by atoms with Crippen molar-refractivity contribution >= 4 is 23.2 Å². The molecule has 0 spiro atoms. The van der Waals surface area contributed by atoms with E-state index in [1.165, 1.54) is 0 Å². The van der Waals surface area contributed by atoms with Crippen molar-refractivity contribution in [3.63, 3.8) is 0 Å². The number of carbonyl (C=O) groups excluding carboxylic acids is 2. The van der Waals surface area contributed by atoms with Crippen LogP contribution in [0.4, 0.5) is 11.4 Å². The highest BCUT2D eigenvalue weighted by atomic mass is 16.5. The average molecular weight is 418 g/mol. The first-order valence-corrected chi connectivity index (χ1v) is 10.0. The number of nitrogens with zero attached hydrogens (tertiary/aromatic N) is 1. The van der Waals surface area contributed by atoms with Gasteiger partial charge in [-0.2, -0.15) is 0 Å². The lowest BCUT2D eigenvalue weighted by Gasteiger charge is -2.16. The maximum atomic E-state index is 12.5. The van der Waals surface area contributed by atoms with Crippen LogP contribution in [0.1, 0.15) is 28.4 Å². The third-order valence-corrected chi connectivity index (χ3v) is 4.92. The highest BCUT2D eigenvalue weighted by molar-refractivity contribution is 6.04. The van der Waals surface area contributed by atoms with Gasteiger partial charge in [0.1, 0.15) is 5.75 Å². The van der Waals surface area contributed by atoms with Gasteiger partial charge in [0.25, 0.3) is 5.91 Å². The van der Waals surface area contributed by atoms with Crippen LogP contribution in [0.5, 0.6) is 5.75 Å². The van der Waals surface area contributed by atoms with Gasteiger partial charge in [-0.25, -0.2) is 0 Å². The van der Waals surface area contributed by atoms with Crippen LogP contribution in [0.15, 0.2) is 72.8 Å². The van der Waals surface area contributed by atoms with Crippen LogP contribution >= 0.6 is 0 Å². The number of rotatable bonds is 8. The molecule has 0 aliphatic heterocycles. The van der Waals surface area contributed by atoms with E-state index in [4.69, 9.17) is 4.74 Å². The number of ether oxygens (including phenoxy) is 1. The van der Waals surface area contributed by atoms with Gasteiger partial charge >= 0.3 is 0 Å². The zero-order chi connectivity index (χ0) is 22.2. The van der Waals surface area contributed by atoms with Gasteiger partial charge in [-0.1, -0.05) is 24.3 Å². The summed E-state index contributed by atoms with van der Waals surface area (Å²) in [5, 5.41) is 6.33. The van der Waals surface area contributed by atoms with Crippen molar-refractivity contribution in [3.8, 4) is 5.75 Å². The SMILES string of the molecule is COc1ccc(C(=O)Nc2cccc(CNc3cccc(CN(C)C(C)=O)c3)c2)cc1. The van der Waals surface area contributed by atoms with Crippen molar-refractivity contribution in [2.24, 2.45) is 0 Å². The number of hydrogen-bond donors (Lipinski definition) is 2. The minimum Gasteiger partial charge on any atom is -0.497 e. The molecule has 3 aromatic rings. The summed E-state index contributed by atoms with van der Waals surface area (Å²) in [5.74, 6) is 0.573. The highest BCUT2D eigenvalue weighted by Crippen LogP contribution is 2.17. The number of hydrogen-bond acceptors (Lipinski definition) is 4. The first kappa shape index (κ1) is 21.9. The predicted molar refractivity (Wildman–Crippen MR) is 123 cm³/mol. The number of methoxy groups -OCH3 is 1. The molecule has 0 aromatic heterocycles. The molecule has 0 bridgehead atoms. The van der Waals surface area contributed by atoms with Crippen LogP contribution < -0.4 is 15.4 Å². The topological polar surface area (TPSA) is 70.7 Å². The van der Waals surface area contributed by atoms with E-state index < -0.39 is 0 Å². The van der Waals surface area contributed by atoms with Crippen LogP contribution in [-0.2, 0) is 17.9 Å². The molecule has 6 heteroatoms. The number of amides is 2. The fraction of sp³-hybridized carbons (Fsp3) is 0.200. The smallest absolute Gasteiger partial charge is 0.255 e. The van der Waals surface area contributed by atoms with Crippen LogP contribution in [-0.4, -0.2) is 30.9 Å². The summed E-state index contributed by atoms with van der Waals surface area (Å²) in [5.41, 5.74) is 4.37. The van der Waals surface area contributed by atoms with E-state index >= 15 is 0 Å². The van der Waals surface area contributed by atoms with Crippen LogP contribution in [0.2, 0.25) is 0 Å². The van der Waals surface area contributed by atoms with Gasteiger partial charge in [0.2, 0.25) is 5.91 Å². The van der Waals surface area contributed by atoms with Crippen molar-refractivity contribution in [1.82, 2.24) is 4.90 Å². The van der Waals surface area contributed by atoms with Gasteiger partial charge in [-0.15, -0.1) is 0 Å². The first-order chi connectivity index (χ1) is 14.9. The predicted octanol–water partition coefficient (Wildman–Crippen LogP) is 4.54. The highest BCUT2D eigenvalue weighted by Gasteiger charge is 2.07. The Morgan fingerprint density at radius 2 is 1.55 bits per heavy atom. The zero-order valence-electron chi connectivity index (χ0n) is 18.0. The van der Waals surface area contributed by atoms with E-state index in [1.807, 2.05) is 48.5 Å². The van der Waals surface area contributed by atoms with E-state index in [0.29, 0.717) is 24.4 Å². The van der Waals surface area contributed by atoms with Gasteiger partial charge in [-0.3, -0.25) is 9.59 Å². The van der Waals surface area contributed by atoms with Crippen LogP contribution in [0.3, 0.4) is 0 Å². The normalized spacial score (nSPS) is 10.3. The molecule has 6 nitrogen and oxygen atoms in total. The lowest BCUT2D eigenvalue weighted by Crippen LogP contribution is -2.23. The van der Waals surface area contributed by atoms with Crippen LogP contribution in [0, 0.1) is 0 Å². The quantitative estimate of drug-likeness (QED) is 0.565. The standard InChI is InChI=1S/C25H27N3O3/c1-18(29)28(2)17-20-7-5-8-22(15-20)26-16-19-6-4-9-23(14-19)27-25(30)21-10-12-24(31-3)13-11-21/h4-15,26H,16-17H2,1-3H3,(H,27,30). The summed E-state index contributed by atoms with van der Waals surface area (Å²) in [6.07, 6.45) is 0. The molecule has 3 aromatic carbocycles. The fourth-order valence-corrected chi connectivity index (χ4v) is 3.07. The minimum atomic E-state index is -0.171. The molecule has 0 unspecified atom stereocenters. The molecule has 0 saturated heterocycles. The lowest BCUT2D eigenvalue weighted by atomic mass is 10.1.